The largest absolute Gasteiger partial charge is 0.667 e. The molecule has 0 unspecified atom stereocenters. The zero-order valence-corrected chi connectivity index (χ0v) is 7.24. The smallest absolute Gasteiger partial charge is 0.0638 e. The van der Waals surface area contributed by atoms with Gasteiger partial charge in [0.1, 0.15) is 0 Å². The van der Waals surface area contributed by atoms with Crippen LogP contribution in [0.4, 0.5) is 0 Å². The molecular weight excluding hydrogens is 189 g/mol. The van der Waals surface area contributed by atoms with E-state index in [9.17, 15) is 4.79 Å². The van der Waals surface area contributed by atoms with E-state index >= 15 is 0 Å². The standard InChI is InChI=1S/C2H4ClNO.B.Y/c3-1-2(4)5;;/h1H2,(H2,4,5);;/p-1. The summed E-state index contributed by atoms with van der Waals surface area (Å²) in [6, 6.07) is 0. The second-order valence-electron chi connectivity index (χ2n) is 0.557. The third kappa shape index (κ3) is 19.6. The maximum atomic E-state index is 9.35. The quantitative estimate of drug-likeness (QED) is 0.438. The number of carbonyl (C=O) groups is 1. The van der Waals surface area contributed by atoms with E-state index in [1.807, 2.05) is 0 Å². The summed E-state index contributed by atoms with van der Waals surface area (Å²) in [5, 5.41) is 0. The molecule has 0 spiro atoms. The van der Waals surface area contributed by atoms with Gasteiger partial charge in [0.25, 0.3) is 0 Å². The van der Waals surface area contributed by atoms with E-state index in [1.165, 1.54) is 0 Å². The van der Waals surface area contributed by atoms with Crippen LogP contribution in [0.15, 0.2) is 0 Å². The van der Waals surface area contributed by atoms with E-state index in [0.29, 0.717) is 0 Å². The zero-order valence-electron chi connectivity index (χ0n) is 3.65. The van der Waals surface area contributed by atoms with Gasteiger partial charge in [0, 0.05) is 41.1 Å². The molecule has 0 heterocycles. The van der Waals surface area contributed by atoms with Crippen LogP contribution < -0.4 is 0 Å². The number of rotatable bonds is 1. The Balaban J connectivity index is -0.0000000800. The zero-order chi connectivity index (χ0) is 4.28. The molecule has 0 aliphatic rings. The number of nitrogens with one attached hydrogen (secondary N) is 1. The van der Waals surface area contributed by atoms with Crippen molar-refractivity contribution in [3.05, 3.63) is 5.73 Å². The third-order valence-corrected chi connectivity index (χ3v) is 0.364. The van der Waals surface area contributed by atoms with Crippen molar-refractivity contribution in [2.75, 3.05) is 5.88 Å². The van der Waals surface area contributed by atoms with Gasteiger partial charge >= 0.3 is 0 Å². The Labute approximate surface area is 74.6 Å². The molecule has 0 saturated heterocycles. The van der Waals surface area contributed by atoms with Crippen LogP contribution in [-0.2, 0) is 37.5 Å². The number of carbonyl (C=O) groups excluding carboxylic acids is 1. The number of hydrogen-bond acceptors (Lipinski definition) is 1. The molecule has 36 valence electrons. The van der Waals surface area contributed by atoms with Gasteiger partial charge in [0.15, 0.2) is 0 Å². The van der Waals surface area contributed by atoms with E-state index in [-0.39, 0.29) is 47.0 Å². The minimum Gasteiger partial charge on any atom is -0.667 e. The fraction of sp³-hybridized carbons (Fsp3) is 0.500. The molecule has 7 heavy (non-hydrogen) atoms. The number of alkyl halides is 1. The van der Waals surface area contributed by atoms with E-state index in [2.05, 4.69) is 0 Å². The molecule has 0 saturated carbocycles. The summed E-state index contributed by atoms with van der Waals surface area (Å²) in [7, 11) is 0. The van der Waals surface area contributed by atoms with Crippen molar-refractivity contribution < 1.29 is 37.5 Å². The maximum Gasteiger partial charge on any atom is 0.0638 e. The van der Waals surface area contributed by atoms with Gasteiger partial charge in [-0.05, 0) is 0 Å². The van der Waals surface area contributed by atoms with E-state index in [0.717, 1.165) is 0 Å². The Bertz CT molecular complexity index is 53.0. The minimum atomic E-state index is -0.730. The fourth-order valence-corrected chi connectivity index (χ4v) is 0. The number of hydrogen-bond donors (Lipinski definition) is 0. The van der Waals surface area contributed by atoms with Crippen LogP contribution in [0.3, 0.4) is 0 Å². The van der Waals surface area contributed by atoms with Crippen molar-refractivity contribution in [2.45, 2.75) is 0 Å². The van der Waals surface area contributed by atoms with Crippen molar-refractivity contribution in [1.29, 1.82) is 0 Å². The monoisotopic (exact) mass is 192 g/mol. The van der Waals surface area contributed by atoms with Gasteiger partial charge in [0.2, 0.25) is 0 Å². The first-order valence-corrected chi connectivity index (χ1v) is 1.61. The molecule has 0 rings (SSSR count). The van der Waals surface area contributed by atoms with Gasteiger partial charge in [0.05, 0.1) is 11.8 Å². The Morgan fingerprint density at radius 2 is 1.86 bits per heavy atom. The van der Waals surface area contributed by atoms with Crippen molar-refractivity contribution >= 4 is 25.9 Å². The van der Waals surface area contributed by atoms with Crippen LogP contribution in [0.1, 0.15) is 0 Å². The molecule has 5 heteroatoms. The van der Waals surface area contributed by atoms with Gasteiger partial charge in [-0.25, -0.2) is 0 Å². The van der Waals surface area contributed by atoms with Crippen molar-refractivity contribution in [3.8, 4) is 0 Å². The molecule has 0 atom stereocenters. The molecular formula is C2H3BClNOY-. The first-order chi connectivity index (χ1) is 2.27. The average molecular weight is 192 g/mol. The van der Waals surface area contributed by atoms with Gasteiger partial charge in [-0.15, -0.1) is 11.6 Å². The molecule has 0 aliphatic carbocycles. The Kier molecular flexibility index (Phi) is 22.4. The molecule has 0 aromatic rings. The first kappa shape index (κ1) is 15.7. The summed E-state index contributed by atoms with van der Waals surface area (Å²) in [6.07, 6.45) is 0. The normalized spacial score (nSPS) is 5.29. The third-order valence-electron chi connectivity index (χ3n) is 0.121. The summed E-state index contributed by atoms with van der Waals surface area (Å²) in [4.78, 5) is 9.35. The molecule has 2 nitrogen and oxygen atoms in total. The second kappa shape index (κ2) is 10.0. The summed E-state index contributed by atoms with van der Waals surface area (Å²) >= 11 is 4.80. The van der Waals surface area contributed by atoms with E-state index in [4.69, 9.17) is 17.3 Å². The molecule has 0 fully saturated rings. The Morgan fingerprint density at radius 3 is 1.86 bits per heavy atom. The molecule has 1 N–H and O–H groups in total. The Hall–Kier alpha value is 0.929. The summed E-state index contributed by atoms with van der Waals surface area (Å²) < 4.78 is 0. The topological polar surface area (TPSA) is 40.9 Å². The van der Waals surface area contributed by atoms with Gasteiger partial charge in [-0.1, -0.05) is 0 Å². The summed E-state index contributed by atoms with van der Waals surface area (Å²) in [5.41, 5.74) is 6.06. The molecule has 0 aromatic heterocycles. The van der Waals surface area contributed by atoms with Gasteiger partial charge < -0.3 is 10.5 Å². The number of halogens is 1. The van der Waals surface area contributed by atoms with Gasteiger partial charge in [-0.3, -0.25) is 0 Å². The van der Waals surface area contributed by atoms with Gasteiger partial charge in [-0.2, -0.15) is 0 Å². The maximum absolute atomic E-state index is 9.35. The van der Waals surface area contributed by atoms with Crippen LogP contribution in [0.25, 0.3) is 5.73 Å². The molecule has 1 amide bonds. The second-order valence-corrected chi connectivity index (χ2v) is 0.824. The molecule has 0 aliphatic heterocycles. The van der Waals surface area contributed by atoms with Crippen LogP contribution >= 0.6 is 11.6 Å². The summed E-state index contributed by atoms with van der Waals surface area (Å²) in [6.45, 7) is 0. The first-order valence-electron chi connectivity index (χ1n) is 1.07. The SMILES string of the molecule is [B].[NH-]C(=O)CCl.[Y]. The predicted octanol–water partition coefficient (Wildman–Crippen LogP) is 0.421. The van der Waals surface area contributed by atoms with Crippen LogP contribution in [0.5, 0.6) is 0 Å². The molecule has 0 aromatic carbocycles. The Morgan fingerprint density at radius 1 is 1.71 bits per heavy atom. The van der Waals surface area contributed by atoms with Crippen LogP contribution in [0.2, 0.25) is 0 Å². The van der Waals surface area contributed by atoms with Crippen molar-refractivity contribution in [3.63, 3.8) is 0 Å². The van der Waals surface area contributed by atoms with E-state index < -0.39 is 5.91 Å². The van der Waals surface area contributed by atoms with E-state index in [1.54, 1.807) is 0 Å². The molecule has 0 bridgehead atoms. The molecule has 4 radical (unpaired) electrons. The van der Waals surface area contributed by atoms with Crippen LogP contribution in [0, 0.1) is 0 Å². The average Bonchev–Trinajstić information content (AvgIpc) is 1.38. The van der Waals surface area contributed by atoms with Crippen molar-refractivity contribution in [1.82, 2.24) is 0 Å². The number of amides is 1. The van der Waals surface area contributed by atoms with Crippen LogP contribution in [-0.4, -0.2) is 20.2 Å². The predicted molar refractivity (Wildman–Crippen MR) is 25.8 cm³/mol. The minimum absolute atomic E-state index is 0. The fourth-order valence-electron chi connectivity index (χ4n) is 0. The summed E-state index contributed by atoms with van der Waals surface area (Å²) in [5.74, 6) is -0.924. The van der Waals surface area contributed by atoms with Crippen molar-refractivity contribution in [2.24, 2.45) is 0 Å².